The quantitative estimate of drug-likeness (QED) is 0.473. The Morgan fingerprint density at radius 1 is 1.47 bits per heavy atom. The molecular weight excluding hydrogens is 248 g/mol. The summed E-state index contributed by atoms with van der Waals surface area (Å²) in [6, 6.07) is 6.06. The molecule has 0 radical (unpaired) electrons. The Labute approximate surface area is 113 Å². The second kappa shape index (κ2) is 7.56. The summed E-state index contributed by atoms with van der Waals surface area (Å²) in [6.45, 7) is 3.03. The zero-order valence-electron chi connectivity index (χ0n) is 10.5. The van der Waals surface area contributed by atoms with Gasteiger partial charge >= 0.3 is 0 Å². The summed E-state index contributed by atoms with van der Waals surface area (Å²) in [6.07, 6.45) is 4.20. The monoisotopic (exact) mass is 268 g/mol. The van der Waals surface area contributed by atoms with Gasteiger partial charge in [-0.05, 0) is 36.5 Å². The fraction of sp³-hybridized carbons (Fsp3) is 0.462. The molecule has 0 amide bonds. The van der Waals surface area contributed by atoms with Gasteiger partial charge in [0.25, 0.3) is 0 Å². The van der Waals surface area contributed by atoms with Gasteiger partial charge in [0.15, 0.2) is 0 Å². The van der Waals surface area contributed by atoms with E-state index in [0.717, 1.165) is 41.4 Å². The molecule has 0 unspecified atom stereocenters. The number of thioether (sulfide) groups is 1. The molecule has 0 fully saturated rings. The molecule has 94 valence electrons. The zero-order valence-corrected chi connectivity index (χ0v) is 12.1. The van der Waals surface area contributed by atoms with E-state index in [1.165, 1.54) is 5.56 Å². The Bertz CT molecular complexity index is 378. The zero-order chi connectivity index (χ0) is 12.7. The first-order valence-corrected chi connectivity index (χ1v) is 7.64. The van der Waals surface area contributed by atoms with Crippen LogP contribution >= 0.6 is 24.0 Å². The van der Waals surface area contributed by atoms with Crippen molar-refractivity contribution in [1.29, 1.82) is 0 Å². The highest BCUT2D eigenvalue weighted by atomic mass is 32.2. The largest absolute Gasteiger partial charge is 0.398 e. The van der Waals surface area contributed by atoms with Gasteiger partial charge in [-0.25, -0.2) is 0 Å². The normalized spacial score (nSPS) is 10.2. The van der Waals surface area contributed by atoms with Gasteiger partial charge in [0.05, 0.1) is 0 Å². The predicted molar refractivity (Wildman–Crippen MR) is 82.9 cm³/mol. The van der Waals surface area contributed by atoms with Gasteiger partial charge in [-0.15, -0.1) is 0 Å². The molecule has 0 aliphatic rings. The summed E-state index contributed by atoms with van der Waals surface area (Å²) in [4.78, 5) is 0.792. The lowest BCUT2D eigenvalue weighted by Gasteiger charge is -2.10. The lowest BCUT2D eigenvalue weighted by atomic mass is 10.1. The fourth-order valence-corrected chi connectivity index (χ4v) is 2.24. The molecule has 0 atom stereocenters. The Kier molecular flexibility index (Phi) is 6.37. The number of anilines is 1. The number of rotatable bonds is 6. The Hall–Kier alpha value is -0.740. The maximum Gasteiger partial charge on any atom is 0.106 e. The van der Waals surface area contributed by atoms with E-state index in [1.54, 1.807) is 0 Å². The van der Waals surface area contributed by atoms with Crippen LogP contribution in [0.3, 0.4) is 0 Å². The van der Waals surface area contributed by atoms with E-state index >= 15 is 0 Å². The van der Waals surface area contributed by atoms with E-state index in [9.17, 15) is 0 Å². The summed E-state index contributed by atoms with van der Waals surface area (Å²) in [5, 5.41) is 3.26. The molecule has 1 aromatic carbocycles. The lowest BCUT2D eigenvalue weighted by molar-refractivity contribution is 0.857. The van der Waals surface area contributed by atoms with Gasteiger partial charge in [-0.1, -0.05) is 31.3 Å². The molecule has 0 spiro atoms. The summed E-state index contributed by atoms with van der Waals surface area (Å²) >= 11 is 7.19. The number of benzene rings is 1. The van der Waals surface area contributed by atoms with Crippen molar-refractivity contribution in [2.75, 3.05) is 24.3 Å². The van der Waals surface area contributed by atoms with Crippen LogP contribution in [0.15, 0.2) is 18.2 Å². The van der Waals surface area contributed by atoms with Crippen LogP contribution in [0, 0.1) is 0 Å². The molecular formula is C13H20N2S2. The van der Waals surface area contributed by atoms with E-state index in [1.807, 2.05) is 23.9 Å². The van der Waals surface area contributed by atoms with Gasteiger partial charge in [0.1, 0.15) is 4.99 Å². The van der Waals surface area contributed by atoms with Crippen LogP contribution < -0.4 is 11.1 Å². The average Bonchev–Trinajstić information content (AvgIpc) is 2.34. The van der Waals surface area contributed by atoms with Gasteiger partial charge in [-0.3, -0.25) is 0 Å². The van der Waals surface area contributed by atoms with Crippen molar-refractivity contribution in [3.63, 3.8) is 0 Å². The van der Waals surface area contributed by atoms with Crippen molar-refractivity contribution in [3.8, 4) is 0 Å². The van der Waals surface area contributed by atoms with Crippen molar-refractivity contribution < 1.29 is 0 Å². The molecule has 4 heteroatoms. The molecule has 0 bridgehead atoms. The predicted octanol–water partition coefficient (Wildman–Crippen LogP) is 2.85. The molecule has 0 saturated carbocycles. The third-order valence-electron chi connectivity index (χ3n) is 2.60. The molecule has 0 aliphatic heterocycles. The molecule has 0 heterocycles. The molecule has 0 aromatic heterocycles. The van der Waals surface area contributed by atoms with Crippen LogP contribution in [0.1, 0.15) is 24.5 Å². The topological polar surface area (TPSA) is 38.0 Å². The van der Waals surface area contributed by atoms with E-state index in [2.05, 4.69) is 24.6 Å². The summed E-state index contributed by atoms with van der Waals surface area (Å²) in [7, 11) is 0. The third kappa shape index (κ3) is 4.56. The van der Waals surface area contributed by atoms with Gasteiger partial charge in [-0.2, -0.15) is 11.8 Å². The first kappa shape index (κ1) is 14.3. The molecule has 2 nitrogen and oxygen atoms in total. The summed E-state index contributed by atoms with van der Waals surface area (Å²) in [5.74, 6) is 1.16. The van der Waals surface area contributed by atoms with Crippen LogP contribution in [-0.4, -0.2) is 23.5 Å². The third-order valence-corrected chi connectivity index (χ3v) is 3.68. The number of thiocarbonyl (C=S) groups is 1. The number of hydrogen-bond donors (Lipinski definition) is 2. The van der Waals surface area contributed by atoms with Crippen LogP contribution in [-0.2, 0) is 6.42 Å². The minimum Gasteiger partial charge on any atom is -0.398 e. The maximum atomic E-state index is 5.96. The fourth-order valence-electron chi connectivity index (χ4n) is 1.58. The Balaban J connectivity index is 2.54. The Morgan fingerprint density at radius 2 is 2.24 bits per heavy atom. The van der Waals surface area contributed by atoms with E-state index in [0.29, 0.717) is 0 Å². The highest BCUT2D eigenvalue weighted by Crippen LogP contribution is 2.15. The second-order valence-electron chi connectivity index (χ2n) is 3.87. The van der Waals surface area contributed by atoms with Crippen molar-refractivity contribution >= 4 is 34.7 Å². The number of nitrogens with one attached hydrogen (secondary N) is 1. The molecule has 0 aliphatic carbocycles. The summed E-state index contributed by atoms with van der Waals surface area (Å²) < 4.78 is 0. The van der Waals surface area contributed by atoms with Crippen molar-refractivity contribution in [3.05, 3.63) is 29.3 Å². The van der Waals surface area contributed by atoms with Crippen molar-refractivity contribution in [2.45, 2.75) is 19.8 Å². The van der Waals surface area contributed by atoms with Crippen LogP contribution in [0.2, 0.25) is 0 Å². The number of nitrogens with two attached hydrogens (primary N) is 1. The molecule has 1 rings (SSSR count). The van der Waals surface area contributed by atoms with Crippen LogP contribution in [0.5, 0.6) is 0 Å². The lowest BCUT2D eigenvalue weighted by Crippen LogP contribution is -2.23. The first-order valence-electron chi connectivity index (χ1n) is 5.84. The van der Waals surface area contributed by atoms with Crippen LogP contribution in [0.25, 0.3) is 0 Å². The summed E-state index contributed by atoms with van der Waals surface area (Å²) in [5.41, 5.74) is 8.98. The number of aryl methyl sites for hydroxylation is 1. The molecule has 17 heavy (non-hydrogen) atoms. The van der Waals surface area contributed by atoms with Crippen molar-refractivity contribution in [2.24, 2.45) is 0 Å². The van der Waals surface area contributed by atoms with Crippen molar-refractivity contribution in [1.82, 2.24) is 5.32 Å². The number of hydrogen-bond acceptors (Lipinski definition) is 3. The van der Waals surface area contributed by atoms with Gasteiger partial charge in [0.2, 0.25) is 0 Å². The Morgan fingerprint density at radius 3 is 2.82 bits per heavy atom. The highest BCUT2D eigenvalue weighted by Gasteiger charge is 2.03. The molecule has 1 aromatic rings. The minimum absolute atomic E-state index is 0.792. The first-order chi connectivity index (χ1) is 8.19. The SMILES string of the molecule is CCc1ccc(C(=S)NCCCSC)cc1N. The minimum atomic E-state index is 0.792. The van der Waals surface area contributed by atoms with E-state index in [4.69, 9.17) is 18.0 Å². The highest BCUT2D eigenvalue weighted by molar-refractivity contribution is 7.98. The average molecular weight is 268 g/mol. The van der Waals surface area contributed by atoms with E-state index in [-0.39, 0.29) is 0 Å². The standard InChI is InChI=1S/C13H20N2S2/c1-3-10-5-6-11(9-12(10)14)13(16)15-7-4-8-17-2/h5-6,9H,3-4,7-8,14H2,1-2H3,(H,15,16). The maximum absolute atomic E-state index is 5.96. The van der Waals surface area contributed by atoms with Gasteiger partial charge < -0.3 is 11.1 Å². The number of nitrogen functional groups attached to an aromatic ring is 1. The molecule has 3 N–H and O–H groups in total. The smallest absolute Gasteiger partial charge is 0.106 e. The van der Waals surface area contributed by atoms with E-state index < -0.39 is 0 Å². The second-order valence-corrected chi connectivity index (χ2v) is 5.26. The molecule has 0 saturated heterocycles. The van der Waals surface area contributed by atoms with Gasteiger partial charge in [0, 0.05) is 17.8 Å². The van der Waals surface area contributed by atoms with Crippen LogP contribution in [0.4, 0.5) is 5.69 Å².